The molecule has 5 heteroatoms. The van der Waals surface area contributed by atoms with E-state index in [-0.39, 0.29) is 11.3 Å². The Kier molecular flexibility index (Phi) is 5.18. The van der Waals surface area contributed by atoms with Crippen molar-refractivity contribution in [2.45, 2.75) is 19.9 Å². The molecule has 0 aliphatic carbocycles. The summed E-state index contributed by atoms with van der Waals surface area (Å²) in [4.78, 5) is 27.7. The zero-order valence-corrected chi connectivity index (χ0v) is 17.4. The smallest absolute Gasteiger partial charge is 0.300 e. The number of anilines is 1. The SMILES string of the molecule is Cc1cc(C)cc(N2C(=O)C(=O)/C(=C(/O)c3ccc(Cl)cc3)C2c2ccccc2)c1. The molecule has 4 nitrogen and oxygen atoms in total. The van der Waals surface area contributed by atoms with Gasteiger partial charge in [-0.1, -0.05) is 48.0 Å². The molecule has 1 fully saturated rings. The molecule has 3 aromatic carbocycles. The fourth-order valence-corrected chi connectivity index (χ4v) is 4.03. The molecule has 1 atom stereocenters. The van der Waals surface area contributed by atoms with E-state index in [1.54, 1.807) is 24.3 Å². The van der Waals surface area contributed by atoms with Gasteiger partial charge in [0.15, 0.2) is 0 Å². The van der Waals surface area contributed by atoms with Gasteiger partial charge in [0.05, 0.1) is 11.6 Å². The maximum Gasteiger partial charge on any atom is 0.300 e. The van der Waals surface area contributed by atoms with Crippen molar-refractivity contribution in [1.82, 2.24) is 0 Å². The molecular weight excluding hydrogens is 398 g/mol. The minimum absolute atomic E-state index is 0.0627. The Morgan fingerprint density at radius 2 is 1.50 bits per heavy atom. The summed E-state index contributed by atoms with van der Waals surface area (Å²) in [5.74, 6) is -1.59. The maximum atomic E-state index is 13.1. The predicted molar refractivity (Wildman–Crippen MR) is 119 cm³/mol. The van der Waals surface area contributed by atoms with Crippen molar-refractivity contribution in [2.24, 2.45) is 0 Å². The first-order valence-corrected chi connectivity index (χ1v) is 9.95. The minimum atomic E-state index is -0.733. The van der Waals surface area contributed by atoms with Crippen molar-refractivity contribution in [1.29, 1.82) is 0 Å². The molecule has 30 heavy (non-hydrogen) atoms. The van der Waals surface area contributed by atoms with Gasteiger partial charge < -0.3 is 5.11 Å². The first-order valence-electron chi connectivity index (χ1n) is 9.57. The summed E-state index contributed by atoms with van der Waals surface area (Å²) >= 11 is 5.96. The Hall–Kier alpha value is -3.37. The van der Waals surface area contributed by atoms with Gasteiger partial charge in [-0.15, -0.1) is 0 Å². The van der Waals surface area contributed by atoms with Crippen molar-refractivity contribution in [3.8, 4) is 0 Å². The van der Waals surface area contributed by atoms with Crippen LogP contribution < -0.4 is 4.90 Å². The van der Waals surface area contributed by atoms with Gasteiger partial charge in [0.2, 0.25) is 0 Å². The number of hydrogen-bond donors (Lipinski definition) is 1. The molecule has 0 aromatic heterocycles. The normalized spacial score (nSPS) is 18.1. The summed E-state index contributed by atoms with van der Waals surface area (Å²) < 4.78 is 0. The molecule has 150 valence electrons. The van der Waals surface area contributed by atoms with E-state index in [0.717, 1.165) is 16.7 Å². The van der Waals surface area contributed by atoms with Crippen LogP contribution in [0.25, 0.3) is 5.76 Å². The molecule has 0 spiro atoms. The summed E-state index contributed by atoms with van der Waals surface area (Å²) in [5.41, 5.74) is 3.82. The number of nitrogens with zero attached hydrogens (tertiary/aromatic N) is 1. The lowest BCUT2D eigenvalue weighted by molar-refractivity contribution is -0.132. The van der Waals surface area contributed by atoms with E-state index in [0.29, 0.717) is 16.3 Å². The zero-order chi connectivity index (χ0) is 21.4. The molecule has 1 saturated heterocycles. The number of hydrogen-bond acceptors (Lipinski definition) is 3. The van der Waals surface area contributed by atoms with Crippen molar-refractivity contribution >= 4 is 34.7 Å². The van der Waals surface area contributed by atoms with Crippen LogP contribution in [-0.4, -0.2) is 16.8 Å². The van der Waals surface area contributed by atoms with Gasteiger partial charge in [-0.25, -0.2) is 0 Å². The first-order chi connectivity index (χ1) is 14.4. The summed E-state index contributed by atoms with van der Waals surface area (Å²) in [6.45, 7) is 3.89. The van der Waals surface area contributed by atoms with Crippen LogP contribution in [0.15, 0.2) is 78.4 Å². The largest absolute Gasteiger partial charge is 0.507 e. The van der Waals surface area contributed by atoms with Crippen molar-refractivity contribution in [3.05, 3.63) is 106 Å². The third-order valence-electron chi connectivity index (χ3n) is 5.16. The quantitative estimate of drug-likeness (QED) is 0.343. The van der Waals surface area contributed by atoms with Crippen LogP contribution in [0.5, 0.6) is 0 Å². The van der Waals surface area contributed by atoms with Crippen LogP contribution in [0, 0.1) is 13.8 Å². The standard InChI is InChI=1S/C25H20ClNO3/c1-15-12-16(2)14-20(13-15)27-22(17-6-4-3-5-7-17)21(24(29)25(27)30)23(28)18-8-10-19(26)11-9-18/h3-14,22,28H,1-2H3/b23-21+. The number of aryl methyl sites for hydroxylation is 2. The Morgan fingerprint density at radius 3 is 2.10 bits per heavy atom. The lowest BCUT2D eigenvalue weighted by Gasteiger charge is -2.26. The number of halogens is 1. The number of rotatable bonds is 3. The van der Waals surface area contributed by atoms with Crippen molar-refractivity contribution < 1.29 is 14.7 Å². The maximum absolute atomic E-state index is 13.1. The van der Waals surface area contributed by atoms with E-state index in [4.69, 9.17) is 11.6 Å². The highest BCUT2D eigenvalue weighted by Gasteiger charge is 2.46. The molecule has 0 bridgehead atoms. The van der Waals surface area contributed by atoms with Gasteiger partial charge in [-0.3, -0.25) is 14.5 Å². The van der Waals surface area contributed by atoms with Crippen LogP contribution >= 0.6 is 11.6 Å². The summed E-state index contributed by atoms with van der Waals surface area (Å²) in [6, 6.07) is 20.8. The highest BCUT2D eigenvalue weighted by atomic mass is 35.5. The molecule has 1 aliphatic heterocycles. The van der Waals surface area contributed by atoms with Gasteiger partial charge in [0.1, 0.15) is 5.76 Å². The number of ketones is 1. The van der Waals surface area contributed by atoms with Crippen LogP contribution in [0.3, 0.4) is 0 Å². The van der Waals surface area contributed by atoms with Crippen LogP contribution in [0.4, 0.5) is 5.69 Å². The zero-order valence-electron chi connectivity index (χ0n) is 16.6. The van der Waals surface area contributed by atoms with Crippen molar-refractivity contribution in [2.75, 3.05) is 4.90 Å². The fourth-order valence-electron chi connectivity index (χ4n) is 3.90. The number of carbonyl (C=O) groups excluding carboxylic acids is 2. The molecular formula is C25H20ClNO3. The van der Waals surface area contributed by atoms with Crippen LogP contribution in [0.1, 0.15) is 28.3 Å². The van der Waals surface area contributed by atoms with Crippen LogP contribution in [0.2, 0.25) is 5.02 Å². The third kappa shape index (κ3) is 3.51. The highest BCUT2D eigenvalue weighted by Crippen LogP contribution is 2.42. The second kappa shape index (κ2) is 7.81. The van der Waals surface area contributed by atoms with Crippen LogP contribution in [-0.2, 0) is 9.59 Å². The van der Waals surface area contributed by atoms with Gasteiger partial charge in [-0.05, 0) is 66.9 Å². The Labute approximate surface area is 180 Å². The Balaban J connectivity index is 1.96. The number of carbonyl (C=O) groups is 2. The summed E-state index contributed by atoms with van der Waals surface area (Å²) in [5, 5.41) is 11.6. The monoisotopic (exact) mass is 417 g/mol. The average Bonchev–Trinajstić information content (AvgIpc) is 2.99. The first kappa shape index (κ1) is 19.9. The molecule has 0 saturated carbocycles. The van der Waals surface area contributed by atoms with E-state index in [1.165, 1.54) is 4.90 Å². The minimum Gasteiger partial charge on any atom is -0.507 e. The van der Waals surface area contributed by atoms with E-state index < -0.39 is 17.7 Å². The molecule has 1 aliphatic rings. The van der Waals surface area contributed by atoms with Gasteiger partial charge >= 0.3 is 0 Å². The lowest BCUT2D eigenvalue weighted by Crippen LogP contribution is -2.29. The molecule has 4 rings (SSSR count). The van der Waals surface area contributed by atoms with Gasteiger partial charge in [0.25, 0.3) is 11.7 Å². The predicted octanol–water partition coefficient (Wildman–Crippen LogP) is 5.58. The molecule has 1 N–H and O–H groups in total. The number of Topliss-reactive ketones (excluding diaryl/α,β-unsaturated/α-hetero) is 1. The molecule has 0 radical (unpaired) electrons. The van der Waals surface area contributed by atoms with Gasteiger partial charge in [-0.2, -0.15) is 0 Å². The third-order valence-corrected chi connectivity index (χ3v) is 5.41. The number of aliphatic hydroxyl groups excluding tert-OH is 1. The second-order valence-electron chi connectivity index (χ2n) is 7.43. The molecule has 1 heterocycles. The molecule has 1 amide bonds. The Bertz CT molecular complexity index is 1150. The number of benzene rings is 3. The summed E-state index contributed by atoms with van der Waals surface area (Å²) in [6.07, 6.45) is 0. The lowest BCUT2D eigenvalue weighted by atomic mass is 9.95. The number of aliphatic hydroxyl groups is 1. The van der Waals surface area contributed by atoms with Gasteiger partial charge in [0, 0.05) is 16.3 Å². The fraction of sp³-hybridized carbons (Fsp3) is 0.120. The molecule has 1 unspecified atom stereocenters. The number of amides is 1. The average molecular weight is 418 g/mol. The Morgan fingerprint density at radius 1 is 0.900 bits per heavy atom. The van der Waals surface area contributed by atoms with E-state index in [2.05, 4.69) is 0 Å². The second-order valence-corrected chi connectivity index (χ2v) is 7.87. The van der Waals surface area contributed by atoms with Crippen molar-refractivity contribution in [3.63, 3.8) is 0 Å². The van der Waals surface area contributed by atoms with E-state index in [9.17, 15) is 14.7 Å². The van der Waals surface area contributed by atoms with E-state index >= 15 is 0 Å². The van der Waals surface area contributed by atoms with E-state index in [1.807, 2.05) is 62.4 Å². The topological polar surface area (TPSA) is 57.6 Å². The highest BCUT2D eigenvalue weighted by molar-refractivity contribution is 6.51. The summed E-state index contributed by atoms with van der Waals surface area (Å²) in [7, 11) is 0. The molecule has 3 aromatic rings.